The van der Waals surface area contributed by atoms with Crippen LogP contribution in [-0.4, -0.2) is 52.6 Å². The molecule has 1 aliphatic rings. The lowest BCUT2D eigenvalue weighted by Crippen LogP contribution is -2.39. The highest BCUT2D eigenvalue weighted by Gasteiger charge is 2.38. The fourth-order valence-corrected chi connectivity index (χ4v) is 4.92. The van der Waals surface area contributed by atoms with Gasteiger partial charge in [-0.25, -0.2) is 4.98 Å². The lowest BCUT2D eigenvalue weighted by molar-refractivity contribution is -0.141. The summed E-state index contributed by atoms with van der Waals surface area (Å²) in [6, 6.07) is 3.33. The minimum Gasteiger partial charge on any atom is -0.330 e. The maximum Gasteiger partial charge on any atom is 0.435 e. The number of halogens is 6. The van der Waals surface area contributed by atoms with E-state index in [2.05, 4.69) is 15.2 Å². The van der Waals surface area contributed by atoms with Crippen molar-refractivity contribution in [2.45, 2.75) is 38.3 Å². The van der Waals surface area contributed by atoms with Gasteiger partial charge in [-0.3, -0.25) is 14.2 Å². The second-order valence-electron chi connectivity index (χ2n) is 8.95. The largest absolute Gasteiger partial charge is 0.435 e. The average molecular weight is 525 g/mol. The van der Waals surface area contributed by atoms with Gasteiger partial charge in [-0.1, -0.05) is 0 Å². The molecule has 4 aromatic rings. The van der Waals surface area contributed by atoms with Crippen LogP contribution in [0.3, 0.4) is 0 Å². The number of carbonyl (C=O) groups is 1. The highest BCUT2D eigenvalue weighted by molar-refractivity contribution is 6.05. The Morgan fingerprint density at radius 3 is 2.46 bits per heavy atom. The number of nitrogens with zero attached hydrogens (tertiary/aromatic N) is 7. The number of rotatable bonds is 3. The number of alkyl halides is 6. The zero-order chi connectivity index (χ0) is 26.9. The van der Waals surface area contributed by atoms with E-state index in [1.807, 2.05) is 0 Å². The van der Waals surface area contributed by atoms with E-state index in [9.17, 15) is 31.1 Å². The molecule has 196 valence electrons. The Labute approximate surface area is 206 Å². The molecular formula is C23H21F6N7O. The molecule has 0 N–H and O–H groups in total. The van der Waals surface area contributed by atoms with Gasteiger partial charge in [-0.05, 0) is 31.5 Å². The van der Waals surface area contributed by atoms with Crippen molar-refractivity contribution in [2.75, 3.05) is 6.54 Å². The monoisotopic (exact) mass is 525 g/mol. The van der Waals surface area contributed by atoms with Gasteiger partial charge in [0.05, 0.1) is 28.7 Å². The summed E-state index contributed by atoms with van der Waals surface area (Å²) in [5, 5.41) is 8.40. The van der Waals surface area contributed by atoms with Gasteiger partial charge in [0.25, 0.3) is 5.91 Å². The lowest BCUT2D eigenvalue weighted by Gasteiger charge is -2.33. The second-order valence-corrected chi connectivity index (χ2v) is 8.95. The molecule has 5 heterocycles. The van der Waals surface area contributed by atoms with Crippen molar-refractivity contribution >= 4 is 16.9 Å². The summed E-state index contributed by atoms with van der Waals surface area (Å²) >= 11 is 0. The molecule has 0 aliphatic carbocycles. The molecule has 0 fully saturated rings. The summed E-state index contributed by atoms with van der Waals surface area (Å²) < 4.78 is 82.0. The smallest absolute Gasteiger partial charge is 0.330 e. The van der Waals surface area contributed by atoms with Crippen LogP contribution in [0.4, 0.5) is 26.3 Å². The number of aryl methyl sites for hydroxylation is 2. The molecule has 4 aromatic heterocycles. The van der Waals surface area contributed by atoms with E-state index < -0.39 is 36.5 Å². The van der Waals surface area contributed by atoms with E-state index in [0.717, 1.165) is 15.3 Å². The predicted octanol–water partition coefficient (Wildman–Crippen LogP) is 4.51. The Morgan fingerprint density at radius 2 is 1.81 bits per heavy atom. The Bertz CT molecular complexity index is 1510. The molecule has 14 heteroatoms. The van der Waals surface area contributed by atoms with Crippen LogP contribution in [0.5, 0.6) is 0 Å². The SMILES string of the molecule is CC1c2nn(C)c(-c3cc(C(F)(F)F)nn3C)c2CCN1C(=O)c1ccnc2c1ccn2CC(F)(F)F. The van der Waals surface area contributed by atoms with Crippen molar-refractivity contribution in [1.82, 2.24) is 34.0 Å². The minimum absolute atomic E-state index is 0.0466. The Hall–Kier alpha value is -3.84. The van der Waals surface area contributed by atoms with Gasteiger partial charge in [-0.15, -0.1) is 0 Å². The van der Waals surface area contributed by atoms with Gasteiger partial charge in [-0.2, -0.15) is 36.5 Å². The number of hydrogen-bond donors (Lipinski definition) is 0. The average Bonchev–Trinajstić information content (AvgIpc) is 3.47. The van der Waals surface area contributed by atoms with Crippen LogP contribution in [0.1, 0.15) is 40.3 Å². The molecule has 1 unspecified atom stereocenters. The van der Waals surface area contributed by atoms with Gasteiger partial charge in [0.15, 0.2) is 5.69 Å². The molecule has 0 spiro atoms. The van der Waals surface area contributed by atoms with Crippen molar-refractivity contribution in [3.63, 3.8) is 0 Å². The number of pyridine rings is 1. The first kappa shape index (κ1) is 24.8. The fraction of sp³-hybridized carbons (Fsp3) is 0.391. The first-order valence-electron chi connectivity index (χ1n) is 11.2. The highest BCUT2D eigenvalue weighted by Crippen LogP contribution is 2.38. The van der Waals surface area contributed by atoms with Crippen LogP contribution in [0.15, 0.2) is 30.6 Å². The topological polar surface area (TPSA) is 73.8 Å². The van der Waals surface area contributed by atoms with E-state index in [4.69, 9.17) is 0 Å². The molecule has 0 radical (unpaired) electrons. The standard InChI is InChI=1S/C23H21F6N7O/c1-12-18-15(19(34(3)32-18)16-10-17(23(27,28)29)31-33(16)2)6-9-36(12)21(37)14-4-7-30-20-13(14)5-8-35(20)11-22(24,25)26/h4-5,7-8,10,12H,6,9,11H2,1-3H3. The predicted molar refractivity (Wildman–Crippen MR) is 119 cm³/mol. The van der Waals surface area contributed by atoms with Crippen LogP contribution in [0, 0.1) is 0 Å². The molecule has 1 aliphatic heterocycles. The van der Waals surface area contributed by atoms with E-state index in [0.29, 0.717) is 28.8 Å². The number of hydrogen-bond acceptors (Lipinski definition) is 4. The van der Waals surface area contributed by atoms with Crippen molar-refractivity contribution < 1.29 is 31.1 Å². The summed E-state index contributed by atoms with van der Waals surface area (Å²) in [5.41, 5.74) is 1.22. The number of aromatic nitrogens is 6. The zero-order valence-corrected chi connectivity index (χ0v) is 19.9. The Kier molecular flexibility index (Phi) is 5.60. The van der Waals surface area contributed by atoms with E-state index in [1.165, 1.54) is 36.3 Å². The molecular weight excluding hydrogens is 504 g/mol. The molecule has 0 bridgehead atoms. The summed E-state index contributed by atoms with van der Waals surface area (Å²) in [5.74, 6) is -0.401. The van der Waals surface area contributed by atoms with E-state index in [1.54, 1.807) is 18.9 Å². The normalized spacial score (nSPS) is 16.5. The quantitative estimate of drug-likeness (QED) is 0.369. The van der Waals surface area contributed by atoms with Crippen LogP contribution in [-0.2, 0) is 33.2 Å². The maximum absolute atomic E-state index is 13.6. The zero-order valence-electron chi connectivity index (χ0n) is 19.9. The van der Waals surface area contributed by atoms with Crippen LogP contribution < -0.4 is 0 Å². The molecule has 8 nitrogen and oxygen atoms in total. The minimum atomic E-state index is -4.60. The summed E-state index contributed by atoms with van der Waals surface area (Å²) in [6.45, 7) is 0.762. The molecule has 0 saturated carbocycles. The molecule has 5 rings (SSSR count). The van der Waals surface area contributed by atoms with Gasteiger partial charge in [0.2, 0.25) is 0 Å². The molecule has 0 saturated heterocycles. The summed E-state index contributed by atoms with van der Waals surface area (Å²) in [6.07, 6.45) is -6.18. The first-order valence-corrected chi connectivity index (χ1v) is 11.2. The van der Waals surface area contributed by atoms with Crippen LogP contribution in [0.2, 0.25) is 0 Å². The highest BCUT2D eigenvalue weighted by atomic mass is 19.4. The van der Waals surface area contributed by atoms with Gasteiger partial charge in [0.1, 0.15) is 12.2 Å². The Balaban J connectivity index is 1.49. The molecule has 1 atom stereocenters. The molecule has 0 aromatic carbocycles. The maximum atomic E-state index is 13.6. The second kappa shape index (κ2) is 8.35. The summed E-state index contributed by atoms with van der Waals surface area (Å²) in [7, 11) is 3.04. The van der Waals surface area contributed by atoms with Crippen molar-refractivity contribution in [3.8, 4) is 11.4 Å². The van der Waals surface area contributed by atoms with Crippen molar-refractivity contribution in [1.29, 1.82) is 0 Å². The lowest BCUT2D eigenvalue weighted by atomic mass is 9.96. The number of amides is 1. The Morgan fingerprint density at radius 1 is 1.08 bits per heavy atom. The van der Waals surface area contributed by atoms with Gasteiger partial charge < -0.3 is 9.47 Å². The van der Waals surface area contributed by atoms with Gasteiger partial charge >= 0.3 is 12.4 Å². The third-order valence-corrected chi connectivity index (χ3v) is 6.56. The summed E-state index contributed by atoms with van der Waals surface area (Å²) in [4.78, 5) is 19.1. The fourth-order valence-electron chi connectivity index (χ4n) is 4.92. The van der Waals surface area contributed by atoms with E-state index in [-0.39, 0.29) is 23.4 Å². The first-order chi connectivity index (χ1) is 17.3. The van der Waals surface area contributed by atoms with E-state index >= 15 is 0 Å². The van der Waals surface area contributed by atoms with Crippen LogP contribution in [0.25, 0.3) is 22.4 Å². The third kappa shape index (κ3) is 4.23. The van der Waals surface area contributed by atoms with Gasteiger partial charge in [0, 0.05) is 44.0 Å². The number of carbonyl (C=O) groups excluding carboxylic acids is 1. The van der Waals surface area contributed by atoms with Crippen LogP contribution >= 0.6 is 0 Å². The molecule has 1 amide bonds. The third-order valence-electron chi connectivity index (χ3n) is 6.56. The van der Waals surface area contributed by atoms with Crippen molar-refractivity contribution in [2.24, 2.45) is 14.1 Å². The van der Waals surface area contributed by atoms with Crippen molar-refractivity contribution in [3.05, 3.63) is 53.1 Å². The molecule has 37 heavy (non-hydrogen) atoms. The number of fused-ring (bicyclic) bond motifs is 2.